The van der Waals surface area contributed by atoms with E-state index in [9.17, 15) is 4.79 Å². The van der Waals surface area contributed by atoms with Crippen LogP contribution in [0.3, 0.4) is 0 Å². The Morgan fingerprint density at radius 1 is 0.950 bits per heavy atom. The van der Waals surface area contributed by atoms with Gasteiger partial charge in [-0.15, -0.1) is 0 Å². The number of nitrogens with zero attached hydrogens (tertiary/aromatic N) is 3. The van der Waals surface area contributed by atoms with Crippen LogP contribution in [0.4, 0.5) is 15.1 Å². The van der Waals surface area contributed by atoms with Crippen LogP contribution in [0.1, 0.15) is 31.9 Å². The zero-order chi connectivity index (χ0) is 28.1. The number of H-pyrrole nitrogens is 1. The molecule has 0 unspecified atom stereocenters. The minimum absolute atomic E-state index is 0.0357. The number of hydrogen-bond acceptors (Lipinski definition) is 7. The first-order valence-electron chi connectivity index (χ1n) is 12.8. The standard InChI is InChI=1S/C30H29FN6O3/c1-30(2,3)40-29(38)36-17-20-9-10-24(22(31)15-20)39-25-12-14-32-27-26(25)21(18-34-27)23-11-13-33-28(37-23)35-16-19-7-5-4-6-8-19/h4-15,18H,16-17H2,1-3H3,(H,32,34)(H,36,38)(H,33,35,37). The van der Waals surface area contributed by atoms with Crippen LogP contribution in [0.2, 0.25) is 0 Å². The second-order valence-corrected chi connectivity index (χ2v) is 10.1. The van der Waals surface area contributed by atoms with E-state index in [2.05, 4.69) is 30.6 Å². The number of fused-ring (bicyclic) bond motifs is 1. The highest BCUT2D eigenvalue weighted by Gasteiger charge is 2.18. The zero-order valence-electron chi connectivity index (χ0n) is 22.4. The number of nitrogens with one attached hydrogen (secondary N) is 3. The lowest BCUT2D eigenvalue weighted by Gasteiger charge is -2.19. The van der Waals surface area contributed by atoms with E-state index in [0.717, 1.165) is 11.1 Å². The maximum atomic E-state index is 15.0. The Bertz CT molecular complexity index is 1630. The Morgan fingerprint density at radius 3 is 2.52 bits per heavy atom. The summed E-state index contributed by atoms with van der Waals surface area (Å²) in [5.41, 5.74) is 3.02. The molecule has 0 saturated carbocycles. The molecule has 3 aromatic heterocycles. The van der Waals surface area contributed by atoms with Gasteiger partial charge in [0.25, 0.3) is 0 Å². The molecule has 0 fully saturated rings. The van der Waals surface area contributed by atoms with Crippen molar-refractivity contribution < 1.29 is 18.7 Å². The van der Waals surface area contributed by atoms with Gasteiger partial charge in [0.15, 0.2) is 11.6 Å². The summed E-state index contributed by atoms with van der Waals surface area (Å²) in [6, 6.07) is 18.0. The molecule has 10 heteroatoms. The number of amides is 1. The monoisotopic (exact) mass is 540 g/mol. The lowest BCUT2D eigenvalue weighted by molar-refractivity contribution is 0.0523. The third-order valence-corrected chi connectivity index (χ3v) is 5.81. The average molecular weight is 541 g/mol. The van der Waals surface area contributed by atoms with Gasteiger partial charge in [-0.3, -0.25) is 0 Å². The lowest BCUT2D eigenvalue weighted by Crippen LogP contribution is -2.32. The van der Waals surface area contributed by atoms with Gasteiger partial charge in [-0.2, -0.15) is 0 Å². The predicted octanol–water partition coefficient (Wildman–Crippen LogP) is 6.59. The lowest BCUT2D eigenvalue weighted by atomic mass is 10.1. The third-order valence-electron chi connectivity index (χ3n) is 5.81. The van der Waals surface area contributed by atoms with E-state index in [1.54, 1.807) is 57.6 Å². The van der Waals surface area contributed by atoms with Crippen molar-refractivity contribution in [3.8, 4) is 22.8 Å². The van der Waals surface area contributed by atoms with Gasteiger partial charge in [0.05, 0.1) is 11.1 Å². The summed E-state index contributed by atoms with van der Waals surface area (Å²) < 4.78 is 26.3. The molecular formula is C30H29FN6O3. The molecule has 204 valence electrons. The van der Waals surface area contributed by atoms with Crippen LogP contribution in [0.25, 0.3) is 22.3 Å². The SMILES string of the molecule is CC(C)(C)OC(=O)NCc1ccc(Oc2ccnc3[nH]cc(-c4ccnc(NCc5ccccc5)n4)c23)c(F)c1. The Morgan fingerprint density at radius 2 is 1.75 bits per heavy atom. The van der Waals surface area contributed by atoms with E-state index in [1.165, 1.54) is 12.1 Å². The number of anilines is 1. The van der Waals surface area contributed by atoms with Crippen LogP contribution < -0.4 is 15.4 Å². The fourth-order valence-electron chi connectivity index (χ4n) is 4.03. The number of aromatic nitrogens is 4. The van der Waals surface area contributed by atoms with Crippen molar-refractivity contribution >= 4 is 23.1 Å². The van der Waals surface area contributed by atoms with Crippen molar-refractivity contribution in [2.75, 3.05) is 5.32 Å². The fourth-order valence-corrected chi connectivity index (χ4v) is 4.03. The minimum atomic E-state index is -0.619. The van der Waals surface area contributed by atoms with Gasteiger partial charge in [-0.1, -0.05) is 36.4 Å². The number of alkyl carbamates (subject to hydrolysis) is 1. The molecule has 0 spiro atoms. The van der Waals surface area contributed by atoms with Crippen molar-refractivity contribution in [3.05, 3.63) is 96.2 Å². The van der Waals surface area contributed by atoms with Gasteiger partial charge in [0.2, 0.25) is 5.95 Å². The van der Waals surface area contributed by atoms with Gasteiger partial charge in [0, 0.05) is 37.2 Å². The Labute approximate surface area is 230 Å². The molecule has 0 atom stereocenters. The fraction of sp³-hybridized carbons (Fsp3) is 0.200. The van der Waals surface area contributed by atoms with Crippen LogP contribution in [0, 0.1) is 5.82 Å². The Kier molecular flexibility index (Phi) is 7.59. The maximum Gasteiger partial charge on any atom is 0.407 e. The number of benzene rings is 2. The summed E-state index contributed by atoms with van der Waals surface area (Å²) >= 11 is 0. The van der Waals surface area contributed by atoms with Crippen molar-refractivity contribution in [1.29, 1.82) is 0 Å². The van der Waals surface area contributed by atoms with Gasteiger partial charge in [0.1, 0.15) is 17.0 Å². The summed E-state index contributed by atoms with van der Waals surface area (Å²) in [6.45, 7) is 6.02. The number of rotatable bonds is 8. The van der Waals surface area contributed by atoms with E-state index < -0.39 is 17.5 Å². The van der Waals surface area contributed by atoms with E-state index >= 15 is 4.39 Å². The molecule has 9 nitrogen and oxygen atoms in total. The average Bonchev–Trinajstić information content (AvgIpc) is 3.37. The van der Waals surface area contributed by atoms with Crippen LogP contribution in [-0.4, -0.2) is 31.6 Å². The number of pyridine rings is 1. The maximum absolute atomic E-state index is 15.0. The van der Waals surface area contributed by atoms with Crippen molar-refractivity contribution in [2.24, 2.45) is 0 Å². The molecule has 1 amide bonds. The second kappa shape index (κ2) is 11.4. The number of hydrogen-bond donors (Lipinski definition) is 3. The van der Waals surface area contributed by atoms with Crippen LogP contribution in [0.15, 0.2) is 79.3 Å². The molecule has 0 aliphatic carbocycles. The molecule has 5 aromatic rings. The van der Waals surface area contributed by atoms with Crippen LogP contribution in [0.5, 0.6) is 11.5 Å². The molecule has 0 radical (unpaired) electrons. The largest absolute Gasteiger partial charge is 0.453 e. The molecule has 40 heavy (non-hydrogen) atoms. The first-order chi connectivity index (χ1) is 19.2. The molecule has 0 saturated heterocycles. The summed E-state index contributed by atoms with van der Waals surface area (Å²) in [5, 5.41) is 6.52. The molecular weight excluding hydrogens is 511 g/mol. The molecule has 0 aliphatic rings. The highest BCUT2D eigenvalue weighted by Crippen LogP contribution is 2.36. The van der Waals surface area contributed by atoms with Crippen molar-refractivity contribution in [3.63, 3.8) is 0 Å². The first kappa shape index (κ1) is 26.6. The molecule has 0 bridgehead atoms. The molecule has 5 rings (SSSR count). The predicted molar refractivity (Wildman–Crippen MR) is 150 cm³/mol. The van der Waals surface area contributed by atoms with Gasteiger partial charge in [-0.25, -0.2) is 24.1 Å². The normalized spacial score (nSPS) is 11.3. The van der Waals surface area contributed by atoms with E-state index in [0.29, 0.717) is 40.5 Å². The Hall–Kier alpha value is -4.99. The highest BCUT2D eigenvalue weighted by molar-refractivity contribution is 5.97. The van der Waals surface area contributed by atoms with Crippen molar-refractivity contribution in [1.82, 2.24) is 25.3 Å². The number of ether oxygens (including phenoxy) is 2. The number of carbonyl (C=O) groups excluding carboxylic acids is 1. The van der Waals surface area contributed by atoms with E-state index in [-0.39, 0.29) is 12.3 Å². The minimum Gasteiger partial charge on any atom is -0.453 e. The smallest absolute Gasteiger partial charge is 0.407 e. The number of halogens is 1. The zero-order valence-corrected chi connectivity index (χ0v) is 22.4. The highest BCUT2D eigenvalue weighted by atomic mass is 19.1. The van der Waals surface area contributed by atoms with Crippen LogP contribution >= 0.6 is 0 Å². The summed E-state index contributed by atoms with van der Waals surface area (Å²) in [4.78, 5) is 28.5. The third kappa shape index (κ3) is 6.52. The molecule has 3 N–H and O–H groups in total. The molecule has 2 aromatic carbocycles. The second-order valence-electron chi connectivity index (χ2n) is 10.1. The Balaban J connectivity index is 1.34. The summed E-state index contributed by atoms with van der Waals surface area (Å²) in [7, 11) is 0. The van der Waals surface area contributed by atoms with Gasteiger partial charge in [-0.05, 0) is 56.2 Å². The first-order valence-corrected chi connectivity index (χ1v) is 12.8. The summed E-state index contributed by atoms with van der Waals surface area (Å²) in [6.07, 6.45) is 4.47. The molecule has 3 heterocycles. The van der Waals surface area contributed by atoms with Gasteiger partial charge < -0.3 is 25.1 Å². The quantitative estimate of drug-likeness (QED) is 0.203. The molecule has 0 aliphatic heterocycles. The number of aromatic amines is 1. The summed E-state index contributed by atoms with van der Waals surface area (Å²) in [5.74, 6) is 0.356. The van der Waals surface area contributed by atoms with E-state index in [4.69, 9.17) is 9.47 Å². The van der Waals surface area contributed by atoms with Crippen LogP contribution in [-0.2, 0) is 17.8 Å². The van der Waals surface area contributed by atoms with Gasteiger partial charge >= 0.3 is 6.09 Å². The number of carbonyl (C=O) groups is 1. The van der Waals surface area contributed by atoms with E-state index in [1.807, 2.05) is 30.3 Å². The van der Waals surface area contributed by atoms with Crippen molar-refractivity contribution in [2.45, 2.75) is 39.5 Å². The topological polar surface area (TPSA) is 114 Å².